The van der Waals surface area contributed by atoms with Crippen LogP contribution in [-0.4, -0.2) is 16.9 Å². The Morgan fingerprint density at radius 2 is 1.93 bits per heavy atom. The minimum Gasteiger partial charge on any atom is -0.348 e. The summed E-state index contributed by atoms with van der Waals surface area (Å²) in [5, 5.41) is 3.60. The lowest BCUT2D eigenvalue weighted by atomic mass is 10.1. The van der Waals surface area contributed by atoms with Gasteiger partial charge < -0.3 is 10.2 Å². The molecule has 4 rings (SSSR count). The van der Waals surface area contributed by atoms with Crippen molar-refractivity contribution in [3.63, 3.8) is 0 Å². The van der Waals surface area contributed by atoms with Crippen LogP contribution in [-0.2, 0) is 13.0 Å². The molecule has 27 heavy (non-hydrogen) atoms. The largest absolute Gasteiger partial charge is 0.348 e. The van der Waals surface area contributed by atoms with E-state index >= 15 is 0 Å². The summed E-state index contributed by atoms with van der Waals surface area (Å²) in [6, 6.07) is 19.9. The maximum absolute atomic E-state index is 12.4. The molecular weight excluding hydrogens is 358 g/mol. The molecule has 5 heteroatoms. The molecule has 1 N–H and O–H groups in total. The fourth-order valence-corrected chi connectivity index (χ4v) is 3.59. The van der Waals surface area contributed by atoms with Gasteiger partial charge in [0.1, 0.15) is 5.82 Å². The number of carbonyl (C=O) groups is 1. The second kappa shape index (κ2) is 7.41. The summed E-state index contributed by atoms with van der Waals surface area (Å²) in [5.74, 6) is 0.723. The highest BCUT2D eigenvalue weighted by atomic mass is 35.5. The molecule has 0 spiro atoms. The summed E-state index contributed by atoms with van der Waals surface area (Å²) in [6.45, 7) is 2.64. The number of benzene rings is 2. The monoisotopic (exact) mass is 377 g/mol. The van der Waals surface area contributed by atoms with E-state index in [1.807, 2.05) is 42.5 Å². The minimum absolute atomic E-state index is 0.140. The molecule has 0 bridgehead atoms. The molecule has 4 nitrogen and oxygen atoms in total. The Morgan fingerprint density at radius 1 is 1.15 bits per heavy atom. The lowest BCUT2D eigenvalue weighted by molar-refractivity contribution is 0.0950. The summed E-state index contributed by atoms with van der Waals surface area (Å²) in [6.07, 6.45) is 2.64. The molecule has 0 saturated heterocycles. The third kappa shape index (κ3) is 3.67. The van der Waals surface area contributed by atoms with Crippen LogP contribution in [0.2, 0.25) is 5.02 Å². The highest BCUT2D eigenvalue weighted by molar-refractivity contribution is 6.30. The van der Waals surface area contributed by atoms with Crippen molar-refractivity contribution < 1.29 is 4.79 Å². The van der Waals surface area contributed by atoms with Gasteiger partial charge in [-0.05, 0) is 54.8 Å². The van der Waals surface area contributed by atoms with Crippen molar-refractivity contribution in [2.75, 3.05) is 4.90 Å². The van der Waals surface area contributed by atoms with Crippen LogP contribution < -0.4 is 10.2 Å². The molecule has 0 saturated carbocycles. The SMILES string of the molecule is CC1Cc2ccccc2N1c1ccc(C(=O)NCc2ccc(Cl)cc2)cn1. The maximum Gasteiger partial charge on any atom is 0.253 e. The van der Waals surface area contributed by atoms with Gasteiger partial charge in [0.15, 0.2) is 0 Å². The van der Waals surface area contributed by atoms with Crippen LogP contribution in [0.15, 0.2) is 66.9 Å². The lowest BCUT2D eigenvalue weighted by Crippen LogP contribution is -2.26. The molecule has 2 heterocycles. The number of fused-ring (bicyclic) bond motifs is 1. The summed E-state index contributed by atoms with van der Waals surface area (Å²) in [5.41, 5.74) is 4.07. The Balaban J connectivity index is 1.46. The quantitative estimate of drug-likeness (QED) is 0.713. The number of aromatic nitrogens is 1. The first-order valence-electron chi connectivity index (χ1n) is 8.97. The maximum atomic E-state index is 12.4. The van der Waals surface area contributed by atoms with Gasteiger partial charge in [0, 0.05) is 29.5 Å². The van der Waals surface area contributed by atoms with Crippen LogP contribution in [0.1, 0.15) is 28.4 Å². The topological polar surface area (TPSA) is 45.2 Å². The molecule has 0 radical (unpaired) electrons. The molecule has 0 aliphatic carbocycles. The van der Waals surface area contributed by atoms with Crippen molar-refractivity contribution in [3.8, 4) is 0 Å². The van der Waals surface area contributed by atoms with Gasteiger partial charge in [-0.15, -0.1) is 0 Å². The van der Waals surface area contributed by atoms with E-state index < -0.39 is 0 Å². The van der Waals surface area contributed by atoms with Gasteiger partial charge in [-0.3, -0.25) is 4.79 Å². The fraction of sp³-hybridized carbons (Fsp3) is 0.182. The van der Waals surface area contributed by atoms with Crippen molar-refractivity contribution in [2.24, 2.45) is 0 Å². The van der Waals surface area contributed by atoms with Gasteiger partial charge in [0.2, 0.25) is 0 Å². The molecule has 2 aromatic carbocycles. The molecule has 1 aliphatic heterocycles. The van der Waals surface area contributed by atoms with Crippen LogP contribution in [0.4, 0.5) is 11.5 Å². The normalized spacial score (nSPS) is 15.5. The Morgan fingerprint density at radius 3 is 2.67 bits per heavy atom. The van der Waals surface area contributed by atoms with Crippen molar-refractivity contribution in [2.45, 2.75) is 25.9 Å². The smallest absolute Gasteiger partial charge is 0.253 e. The molecule has 1 aliphatic rings. The van der Waals surface area contributed by atoms with Gasteiger partial charge in [-0.1, -0.05) is 41.9 Å². The lowest BCUT2D eigenvalue weighted by Gasteiger charge is -2.23. The van der Waals surface area contributed by atoms with Gasteiger partial charge in [0.05, 0.1) is 5.56 Å². The number of hydrogen-bond donors (Lipinski definition) is 1. The Bertz CT molecular complexity index is 954. The number of nitrogens with zero attached hydrogens (tertiary/aromatic N) is 2. The molecule has 3 aromatic rings. The number of carbonyl (C=O) groups excluding carboxylic acids is 1. The second-order valence-electron chi connectivity index (χ2n) is 6.77. The zero-order chi connectivity index (χ0) is 18.8. The van der Waals surface area contributed by atoms with Crippen LogP contribution in [0.25, 0.3) is 0 Å². The van der Waals surface area contributed by atoms with E-state index in [2.05, 4.69) is 40.3 Å². The van der Waals surface area contributed by atoms with Crippen molar-refractivity contribution in [1.29, 1.82) is 0 Å². The van der Waals surface area contributed by atoms with Gasteiger partial charge >= 0.3 is 0 Å². The number of rotatable bonds is 4. The summed E-state index contributed by atoms with van der Waals surface area (Å²) >= 11 is 5.88. The zero-order valence-electron chi connectivity index (χ0n) is 15.0. The highest BCUT2D eigenvalue weighted by Gasteiger charge is 2.27. The van der Waals surface area contributed by atoms with Crippen molar-refractivity contribution in [1.82, 2.24) is 10.3 Å². The minimum atomic E-state index is -0.140. The second-order valence-corrected chi connectivity index (χ2v) is 7.20. The van der Waals surface area contributed by atoms with Gasteiger partial charge in [-0.2, -0.15) is 0 Å². The predicted molar refractivity (Wildman–Crippen MR) is 109 cm³/mol. The molecule has 1 amide bonds. The summed E-state index contributed by atoms with van der Waals surface area (Å²) in [4.78, 5) is 19.2. The number of anilines is 2. The van der Waals surface area contributed by atoms with Gasteiger partial charge in [0.25, 0.3) is 5.91 Å². The molecule has 1 atom stereocenters. The fourth-order valence-electron chi connectivity index (χ4n) is 3.46. The van der Waals surface area contributed by atoms with E-state index in [1.54, 1.807) is 6.20 Å². The first kappa shape index (κ1) is 17.6. The molecule has 1 aromatic heterocycles. The van der Waals surface area contributed by atoms with E-state index in [0.717, 1.165) is 17.8 Å². The number of nitrogens with one attached hydrogen (secondary N) is 1. The summed E-state index contributed by atoms with van der Waals surface area (Å²) < 4.78 is 0. The summed E-state index contributed by atoms with van der Waals surface area (Å²) in [7, 11) is 0. The number of halogens is 1. The van der Waals surface area contributed by atoms with Crippen LogP contribution in [0, 0.1) is 0 Å². The number of hydrogen-bond acceptors (Lipinski definition) is 3. The first-order chi connectivity index (χ1) is 13.1. The predicted octanol–water partition coefficient (Wildman–Crippen LogP) is 4.75. The molecule has 1 unspecified atom stereocenters. The standard InChI is InChI=1S/C22H20ClN3O/c1-15-12-17-4-2-3-5-20(17)26(15)21-11-8-18(14-24-21)22(27)25-13-16-6-9-19(23)10-7-16/h2-11,14-15H,12-13H2,1H3,(H,25,27). The Kier molecular flexibility index (Phi) is 4.82. The van der Waals surface area contributed by atoms with Crippen molar-refractivity contribution >= 4 is 29.0 Å². The van der Waals surface area contributed by atoms with Crippen LogP contribution >= 0.6 is 11.6 Å². The number of pyridine rings is 1. The van der Waals surface area contributed by atoms with Crippen LogP contribution in [0.3, 0.4) is 0 Å². The van der Waals surface area contributed by atoms with E-state index in [1.165, 1.54) is 11.3 Å². The van der Waals surface area contributed by atoms with E-state index in [0.29, 0.717) is 23.2 Å². The highest BCUT2D eigenvalue weighted by Crippen LogP contribution is 2.36. The average molecular weight is 378 g/mol. The van der Waals surface area contributed by atoms with Crippen LogP contribution in [0.5, 0.6) is 0 Å². The number of amides is 1. The zero-order valence-corrected chi connectivity index (χ0v) is 15.8. The van der Waals surface area contributed by atoms with E-state index in [9.17, 15) is 4.79 Å². The first-order valence-corrected chi connectivity index (χ1v) is 9.35. The molecular formula is C22H20ClN3O. The molecule has 0 fully saturated rings. The molecule has 136 valence electrons. The third-order valence-electron chi connectivity index (χ3n) is 4.83. The Labute approximate surface area is 163 Å². The van der Waals surface area contributed by atoms with E-state index in [4.69, 9.17) is 11.6 Å². The Hall–Kier alpha value is -2.85. The van der Waals surface area contributed by atoms with Crippen molar-refractivity contribution in [3.05, 3.63) is 88.6 Å². The number of para-hydroxylation sites is 1. The van der Waals surface area contributed by atoms with E-state index in [-0.39, 0.29) is 5.91 Å². The van der Waals surface area contributed by atoms with Gasteiger partial charge in [-0.25, -0.2) is 4.98 Å². The third-order valence-corrected chi connectivity index (χ3v) is 5.08. The average Bonchev–Trinajstić information content (AvgIpc) is 3.03.